The highest BCUT2D eigenvalue weighted by molar-refractivity contribution is 7.98. The van der Waals surface area contributed by atoms with E-state index < -0.39 is 0 Å². The average molecular weight is 382 g/mol. The molecule has 0 bridgehead atoms. The second kappa shape index (κ2) is 9.97. The molecule has 0 unspecified atom stereocenters. The van der Waals surface area contributed by atoms with Gasteiger partial charge in [0.15, 0.2) is 0 Å². The van der Waals surface area contributed by atoms with Gasteiger partial charge in [0.1, 0.15) is 0 Å². The van der Waals surface area contributed by atoms with E-state index in [1.165, 1.54) is 5.56 Å². The number of thioether (sulfide) groups is 1. The summed E-state index contributed by atoms with van der Waals surface area (Å²) in [4.78, 5) is 11.9. The predicted octanol–water partition coefficient (Wildman–Crippen LogP) is 5.15. The van der Waals surface area contributed by atoms with Crippen LogP contribution in [0.15, 0.2) is 42.5 Å². The number of carbonyl (C=O) groups excluding carboxylic acids is 1. The molecular formula is C19H21Cl2NOS. The maximum absolute atomic E-state index is 11.9. The van der Waals surface area contributed by atoms with Crippen LogP contribution in [-0.4, -0.2) is 18.2 Å². The lowest BCUT2D eigenvalue weighted by Crippen LogP contribution is -2.27. The zero-order valence-electron chi connectivity index (χ0n) is 13.6. The minimum absolute atomic E-state index is 0.0642. The van der Waals surface area contributed by atoms with Crippen LogP contribution in [0.2, 0.25) is 10.0 Å². The van der Waals surface area contributed by atoms with Gasteiger partial charge in [0, 0.05) is 18.1 Å². The Bertz CT molecular complexity index is 674. The summed E-state index contributed by atoms with van der Waals surface area (Å²) in [5, 5.41) is 4.11. The summed E-state index contributed by atoms with van der Waals surface area (Å²) in [6.07, 6.45) is 1.45. The van der Waals surface area contributed by atoms with Crippen LogP contribution in [0.1, 0.15) is 23.6 Å². The molecule has 0 aliphatic carbocycles. The third kappa shape index (κ3) is 6.39. The molecule has 2 nitrogen and oxygen atoms in total. The van der Waals surface area contributed by atoms with E-state index >= 15 is 0 Å². The highest BCUT2D eigenvalue weighted by atomic mass is 35.5. The number of rotatable bonds is 8. The summed E-state index contributed by atoms with van der Waals surface area (Å²) >= 11 is 13.6. The first kappa shape index (κ1) is 19.2. The van der Waals surface area contributed by atoms with E-state index in [1.54, 1.807) is 11.8 Å². The zero-order valence-corrected chi connectivity index (χ0v) is 16.0. The standard InChI is InChI=1S/C19H21Cl2NOS/c1-2-14-3-5-15(6-4-14)12-19(23)22-9-10-24-13-16-7-8-17(20)18(21)11-16/h3-8,11H,2,9-10,12-13H2,1H3,(H,22,23). The monoisotopic (exact) mass is 381 g/mol. The Morgan fingerprint density at radius 3 is 2.33 bits per heavy atom. The summed E-state index contributed by atoms with van der Waals surface area (Å²) < 4.78 is 0. The van der Waals surface area contributed by atoms with Crippen LogP contribution in [0, 0.1) is 0 Å². The van der Waals surface area contributed by atoms with E-state index in [4.69, 9.17) is 23.2 Å². The molecule has 0 aliphatic heterocycles. The van der Waals surface area contributed by atoms with E-state index in [-0.39, 0.29) is 5.91 Å². The minimum Gasteiger partial charge on any atom is -0.355 e. The van der Waals surface area contributed by atoms with Crippen LogP contribution in [0.25, 0.3) is 0 Å². The second-order valence-corrected chi connectivity index (χ2v) is 7.42. The van der Waals surface area contributed by atoms with E-state index in [2.05, 4.69) is 24.4 Å². The van der Waals surface area contributed by atoms with Crippen molar-refractivity contribution in [2.24, 2.45) is 0 Å². The third-order valence-electron chi connectivity index (χ3n) is 3.62. The van der Waals surface area contributed by atoms with Crippen molar-refractivity contribution in [2.75, 3.05) is 12.3 Å². The number of benzene rings is 2. The quantitative estimate of drug-likeness (QED) is 0.640. The van der Waals surface area contributed by atoms with Crippen molar-refractivity contribution >= 4 is 40.9 Å². The summed E-state index contributed by atoms with van der Waals surface area (Å²) in [6, 6.07) is 13.9. The predicted molar refractivity (Wildman–Crippen MR) is 105 cm³/mol. The second-order valence-electron chi connectivity index (χ2n) is 5.50. The fourth-order valence-corrected chi connectivity index (χ4v) is 3.35. The number of halogens is 2. The number of aryl methyl sites for hydroxylation is 1. The first-order valence-electron chi connectivity index (χ1n) is 7.94. The van der Waals surface area contributed by atoms with E-state index in [0.29, 0.717) is 23.0 Å². The molecule has 1 amide bonds. The van der Waals surface area contributed by atoms with Crippen molar-refractivity contribution in [1.29, 1.82) is 0 Å². The van der Waals surface area contributed by atoms with Gasteiger partial charge in [-0.3, -0.25) is 4.79 Å². The molecule has 2 aromatic rings. The Morgan fingerprint density at radius 2 is 1.67 bits per heavy atom. The molecule has 24 heavy (non-hydrogen) atoms. The SMILES string of the molecule is CCc1ccc(CC(=O)NCCSCc2ccc(Cl)c(Cl)c2)cc1. The lowest BCUT2D eigenvalue weighted by atomic mass is 10.1. The van der Waals surface area contributed by atoms with Gasteiger partial charge in [-0.1, -0.05) is 60.5 Å². The number of carbonyl (C=O) groups is 1. The largest absolute Gasteiger partial charge is 0.355 e. The van der Waals surface area contributed by atoms with Gasteiger partial charge in [-0.25, -0.2) is 0 Å². The Hall–Kier alpha value is -1.16. The molecule has 0 aromatic heterocycles. The van der Waals surface area contributed by atoms with Crippen molar-refractivity contribution in [2.45, 2.75) is 25.5 Å². The highest BCUT2D eigenvalue weighted by Gasteiger charge is 2.03. The molecule has 0 saturated heterocycles. The van der Waals surface area contributed by atoms with Gasteiger partial charge in [0.05, 0.1) is 16.5 Å². The molecule has 5 heteroatoms. The first-order chi connectivity index (χ1) is 11.6. The number of nitrogens with one attached hydrogen (secondary N) is 1. The minimum atomic E-state index is 0.0642. The molecule has 0 fully saturated rings. The Labute approximate surface area is 157 Å². The maximum Gasteiger partial charge on any atom is 0.224 e. The lowest BCUT2D eigenvalue weighted by Gasteiger charge is -2.07. The summed E-state index contributed by atoms with van der Waals surface area (Å²) in [5.74, 6) is 1.78. The molecular weight excluding hydrogens is 361 g/mol. The number of hydrogen-bond donors (Lipinski definition) is 1. The van der Waals surface area contributed by atoms with Gasteiger partial charge in [-0.05, 0) is 35.2 Å². The van der Waals surface area contributed by atoms with Crippen molar-refractivity contribution in [3.05, 3.63) is 69.2 Å². The van der Waals surface area contributed by atoms with Crippen molar-refractivity contribution in [3.8, 4) is 0 Å². The highest BCUT2D eigenvalue weighted by Crippen LogP contribution is 2.24. The fourth-order valence-electron chi connectivity index (χ4n) is 2.22. The van der Waals surface area contributed by atoms with Crippen LogP contribution in [-0.2, 0) is 23.4 Å². The Morgan fingerprint density at radius 1 is 1.00 bits per heavy atom. The molecule has 0 atom stereocenters. The molecule has 1 N–H and O–H groups in total. The first-order valence-corrected chi connectivity index (χ1v) is 9.85. The van der Waals surface area contributed by atoms with Gasteiger partial charge >= 0.3 is 0 Å². The molecule has 128 valence electrons. The van der Waals surface area contributed by atoms with Crippen molar-refractivity contribution in [1.82, 2.24) is 5.32 Å². The zero-order chi connectivity index (χ0) is 17.4. The van der Waals surface area contributed by atoms with Crippen molar-refractivity contribution < 1.29 is 4.79 Å². The van der Waals surface area contributed by atoms with Crippen LogP contribution < -0.4 is 5.32 Å². The molecule has 0 radical (unpaired) electrons. The van der Waals surface area contributed by atoms with Crippen molar-refractivity contribution in [3.63, 3.8) is 0 Å². The molecule has 0 aliphatic rings. The van der Waals surface area contributed by atoms with Gasteiger partial charge < -0.3 is 5.32 Å². The Kier molecular flexibility index (Phi) is 7.97. The topological polar surface area (TPSA) is 29.1 Å². The van der Waals surface area contributed by atoms with Gasteiger partial charge in [0.2, 0.25) is 5.91 Å². The summed E-state index contributed by atoms with van der Waals surface area (Å²) in [6.45, 7) is 2.79. The summed E-state index contributed by atoms with van der Waals surface area (Å²) in [7, 11) is 0. The Balaban J connectivity index is 1.64. The molecule has 0 saturated carbocycles. The van der Waals surface area contributed by atoms with E-state index in [0.717, 1.165) is 29.1 Å². The number of amides is 1. The van der Waals surface area contributed by atoms with Crippen LogP contribution in [0.5, 0.6) is 0 Å². The van der Waals surface area contributed by atoms with Crippen LogP contribution in [0.4, 0.5) is 0 Å². The summed E-state index contributed by atoms with van der Waals surface area (Å²) in [5.41, 5.74) is 3.47. The smallest absolute Gasteiger partial charge is 0.224 e. The lowest BCUT2D eigenvalue weighted by molar-refractivity contribution is -0.120. The number of hydrogen-bond acceptors (Lipinski definition) is 2. The van der Waals surface area contributed by atoms with Crippen LogP contribution >= 0.6 is 35.0 Å². The molecule has 2 aromatic carbocycles. The molecule has 0 heterocycles. The van der Waals surface area contributed by atoms with Crippen LogP contribution in [0.3, 0.4) is 0 Å². The fraction of sp³-hybridized carbons (Fsp3) is 0.316. The normalized spacial score (nSPS) is 10.6. The van der Waals surface area contributed by atoms with E-state index in [1.807, 2.05) is 30.3 Å². The van der Waals surface area contributed by atoms with Gasteiger partial charge in [0.25, 0.3) is 0 Å². The molecule has 0 spiro atoms. The third-order valence-corrected chi connectivity index (χ3v) is 5.39. The average Bonchev–Trinajstić information content (AvgIpc) is 2.58. The van der Waals surface area contributed by atoms with Gasteiger partial charge in [-0.15, -0.1) is 0 Å². The van der Waals surface area contributed by atoms with E-state index in [9.17, 15) is 4.79 Å². The maximum atomic E-state index is 11.9. The molecule has 2 rings (SSSR count). The van der Waals surface area contributed by atoms with Gasteiger partial charge in [-0.2, -0.15) is 11.8 Å².